The van der Waals surface area contributed by atoms with Crippen molar-refractivity contribution in [3.8, 4) is 11.9 Å². The van der Waals surface area contributed by atoms with Crippen molar-refractivity contribution in [3.05, 3.63) is 35.4 Å². The van der Waals surface area contributed by atoms with Crippen molar-refractivity contribution in [2.45, 2.75) is 30.1 Å². The molecule has 0 saturated heterocycles. The Kier molecular flexibility index (Phi) is 7.78. The number of carbonyl (C=O) groups excluding carboxylic acids is 2. The first-order chi connectivity index (χ1) is 14.5. The average molecular weight is 454 g/mol. The molecule has 1 atom stereocenters. The quantitative estimate of drug-likeness (QED) is 0.324. The molecule has 5 N–H and O–H groups in total. The van der Waals surface area contributed by atoms with Crippen LogP contribution in [0, 0.1) is 11.3 Å². The largest absolute Gasteiger partial charge is 0.416 e. The molecule has 2 rings (SSSR count). The number of thioether (sulfide) groups is 1. The summed E-state index contributed by atoms with van der Waals surface area (Å²) in [7, 11) is 0. The summed E-state index contributed by atoms with van der Waals surface area (Å²) >= 11 is 1.11. The summed E-state index contributed by atoms with van der Waals surface area (Å²) < 4.78 is 43.3. The number of esters is 1. The number of nitrogen functional groups attached to an aromatic ring is 1. The number of halogens is 3. The molecule has 0 radical (unpaired) electrons. The summed E-state index contributed by atoms with van der Waals surface area (Å²) in [6.45, 7) is 0. The van der Waals surface area contributed by atoms with Crippen molar-refractivity contribution >= 4 is 35.3 Å². The molecule has 9 nitrogen and oxygen atoms in total. The van der Waals surface area contributed by atoms with E-state index in [0.29, 0.717) is 0 Å². The van der Waals surface area contributed by atoms with E-state index in [1.54, 1.807) is 6.26 Å². The second kappa shape index (κ2) is 10.1. The van der Waals surface area contributed by atoms with Crippen LogP contribution in [0.15, 0.2) is 29.3 Å². The summed E-state index contributed by atoms with van der Waals surface area (Å²) in [6.07, 6.45) is -3.40. The Morgan fingerprint density at radius 3 is 2.68 bits per heavy atom. The fourth-order valence-electron chi connectivity index (χ4n) is 2.33. The lowest BCUT2D eigenvalue weighted by Gasteiger charge is -2.14. The molecule has 0 aliphatic heterocycles. The number of rotatable bonds is 7. The van der Waals surface area contributed by atoms with Gasteiger partial charge in [0.2, 0.25) is 17.7 Å². The lowest BCUT2D eigenvalue weighted by molar-refractivity contribution is -0.138. The molecule has 0 unspecified atom stereocenters. The highest BCUT2D eigenvalue weighted by atomic mass is 32.2. The molecule has 1 amide bonds. The monoisotopic (exact) mass is 454 g/mol. The molecule has 31 heavy (non-hydrogen) atoms. The number of hydrogen-bond donors (Lipinski definition) is 3. The Hall–Kier alpha value is -3.37. The third kappa shape index (κ3) is 6.56. The van der Waals surface area contributed by atoms with E-state index in [1.165, 1.54) is 6.07 Å². The van der Waals surface area contributed by atoms with Gasteiger partial charge in [-0.1, -0.05) is 6.07 Å². The van der Waals surface area contributed by atoms with E-state index in [4.69, 9.17) is 16.2 Å². The van der Waals surface area contributed by atoms with Crippen LogP contribution in [0.1, 0.15) is 24.0 Å². The number of nitriles is 1. The highest BCUT2D eigenvalue weighted by Gasteiger charge is 2.30. The second-order valence-corrected chi connectivity index (χ2v) is 6.87. The van der Waals surface area contributed by atoms with Crippen LogP contribution in [-0.2, 0) is 15.8 Å². The smallest absolute Gasteiger partial charge is 0.406 e. The Balaban J connectivity index is 1.96. The third-order valence-electron chi connectivity index (χ3n) is 3.83. The Morgan fingerprint density at radius 1 is 1.35 bits per heavy atom. The fourth-order valence-corrected chi connectivity index (χ4v) is 2.85. The van der Waals surface area contributed by atoms with Crippen molar-refractivity contribution < 1.29 is 27.5 Å². The zero-order valence-electron chi connectivity index (χ0n) is 16.1. The molecule has 0 fully saturated rings. The molecule has 0 aliphatic carbocycles. The number of carbonyl (C=O) groups is 2. The zero-order chi connectivity index (χ0) is 23.2. The second-order valence-electron chi connectivity index (χ2n) is 6.07. The zero-order valence-corrected chi connectivity index (χ0v) is 16.9. The average Bonchev–Trinajstić information content (AvgIpc) is 2.71. The fraction of sp³-hybridized carbons (Fsp3) is 0.278. The van der Waals surface area contributed by atoms with Gasteiger partial charge in [0.25, 0.3) is 0 Å². The number of nitrogens with zero attached hydrogens (tertiary/aromatic N) is 3. The molecule has 13 heteroatoms. The minimum Gasteiger partial charge on any atom is -0.406 e. The van der Waals surface area contributed by atoms with Crippen LogP contribution in [0.25, 0.3) is 0 Å². The van der Waals surface area contributed by atoms with Gasteiger partial charge < -0.3 is 21.5 Å². The van der Waals surface area contributed by atoms with Crippen molar-refractivity contribution in [1.29, 1.82) is 5.26 Å². The molecule has 0 bridgehead atoms. The summed E-state index contributed by atoms with van der Waals surface area (Å²) in [6, 6.07) is 4.68. The number of hydrogen-bond acceptors (Lipinski definition) is 9. The SMILES string of the molecule is CSc1nc(N)nc(OC(=O)CC[C@H](N)C(=O)Nc2cccc(C(F)(F)F)c2)c1C#N. The van der Waals surface area contributed by atoms with Gasteiger partial charge in [0.1, 0.15) is 16.7 Å². The minimum atomic E-state index is -4.56. The van der Waals surface area contributed by atoms with Gasteiger partial charge >= 0.3 is 12.1 Å². The third-order valence-corrected chi connectivity index (χ3v) is 4.51. The number of alkyl halides is 3. The van der Waals surface area contributed by atoms with E-state index in [1.807, 2.05) is 6.07 Å². The van der Waals surface area contributed by atoms with Crippen molar-refractivity contribution in [2.75, 3.05) is 17.3 Å². The summed E-state index contributed by atoms with van der Waals surface area (Å²) in [5.41, 5.74) is 10.2. The number of nitrogens with one attached hydrogen (secondary N) is 1. The predicted molar refractivity (Wildman–Crippen MR) is 106 cm³/mol. The Morgan fingerprint density at radius 2 is 2.06 bits per heavy atom. The van der Waals surface area contributed by atoms with Gasteiger partial charge in [-0.05, 0) is 30.9 Å². The van der Waals surface area contributed by atoms with Crippen LogP contribution in [0.4, 0.5) is 24.8 Å². The van der Waals surface area contributed by atoms with Crippen molar-refractivity contribution in [1.82, 2.24) is 9.97 Å². The first kappa shape index (κ1) is 23.9. The highest BCUT2D eigenvalue weighted by Crippen LogP contribution is 2.30. The molecular weight excluding hydrogens is 437 g/mol. The molecule has 1 aromatic heterocycles. The van der Waals surface area contributed by atoms with E-state index in [0.717, 1.165) is 30.0 Å². The maximum absolute atomic E-state index is 12.8. The lowest BCUT2D eigenvalue weighted by Crippen LogP contribution is -2.36. The van der Waals surface area contributed by atoms with Crippen LogP contribution in [0.5, 0.6) is 5.88 Å². The summed E-state index contributed by atoms with van der Waals surface area (Å²) in [5, 5.41) is 11.7. The van der Waals surface area contributed by atoms with Gasteiger partial charge in [-0.15, -0.1) is 11.8 Å². The number of anilines is 2. The van der Waals surface area contributed by atoms with E-state index in [2.05, 4.69) is 15.3 Å². The first-order valence-corrected chi connectivity index (χ1v) is 9.83. The Labute approximate surface area is 179 Å². The van der Waals surface area contributed by atoms with Gasteiger partial charge in [-0.3, -0.25) is 9.59 Å². The highest BCUT2D eigenvalue weighted by molar-refractivity contribution is 7.98. The number of ether oxygens (including phenoxy) is 1. The number of amides is 1. The predicted octanol–water partition coefficient (Wildman–Crippen LogP) is 2.32. The molecule has 1 aromatic carbocycles. The van der Waals surface area contributed by atoms with Crippen LogP contribution < -0.4 is 21.5 Å². The summed E-state index contributed by atoms with van der Waals surface area (Å²) in [5.74, 6) is -2.11. The van der Waals surface area contributed by atoms with E-state index in [9.17, 15) is 28.0 Å². The maximum atomic E-state index is 12.8. The summed E-state index contributed by atoms with van der Waals surface area (Å²) in [4.78, 5) is 31.8. The maximum Gasteiger partial charge on any atom is 0.416 e. The van der Waals surface area contributed by atoms with Gasteiger partial charge in [-0.2, -0.15) is 23.4 Å². The number of benzene rings is 1. The molecule has 1 heterocycles. The van der Waals surface area contributed by atoms with E-state index < -0.39 is 29.7 Å². The topological polar surface area (TPSA) is 157 Å². The molecule has 2 aromatic rings. The minimum absolute atomic E-state index is 0.0679. The van der Waals surface area contributed by atoms with Crippen molar-refractivity contribution in [3.63, 3.8) is 0 Å². The van der Waals surface area contributed by atoms with Crippen LogP contribution in [-0.4, -0.2) is 34.1 Å². The first-order valence-electron chi connectivity index (χ1n) is 8.61. The molecule has 0 aliphatic rings. The van der Waals surface area contributed by atoms with Crippen LogP contribution in [0.2, 0.25) is 0 Å². The van der Waals surface area contributed by atoms with E-state index >= 15 is 0 Å². The molecule has 0 saturated carbocycles. The normalized spacial score (nSPS) is 12.0. The molecule has 0 spiro atoms. The van der Waals surface area contributed by atoms with Gasteiger partial charge in [0.15, 0.2) is 0 Å². The standard InChI is InChI=1S/C18H17F3N6O3S/c1-31-16-11(8-22)15(26-17(24)27-16)30-13(28)6-5-12(23)14(29)25-10-4-2-3-9(7-10)18(19,20)21/h2-4,7,12H,5-6,23H2,1H3,(H,25,29)(H2,24,26,27)/t12-/m0/s1. The van der Waals surface area contributed by atoms with Gasteiger partial charge in [0.05, 0.1) is 11.6 Å². The van der Waals surface area contributed by atoms with E-state index in [-0.39, 0.29) is 40.9 Å². The van der Waals surface area contributed by atoms with Crippen molar-refractivity contribution in [2.24, 2.45) is 5.73 Å². The van der Waals surface area contributed by atoms with Crippen LogP contribution >= 0.6 is 11.8 Å². The van der Waals surface area contributed by atoms with Crippen LogP contribution in [0.3, 0.4) is 0 Å². The number of aromatic nitrogens is 2. The number of nitrogens with two attached hydrogens (primary N) is 2. The van der Waals surface area contributed by atoms with Gasteiger partial charge in [0, 0.05) is 12.1 Å². The molecular formula is C18H17F3N6O3S. The molecule has 164 valence electrons. The lowest BCUT2D eigenvalue weighted by atomic mass is 10.1. The van der Waals surface area contributed by atoms with Gasteiger partial charge in [-0.25, -0.2) is 4.98 Å². The Bertz CT molecular complexity index is 1030.